The van der Waals surface area contributed by atoms with Crippen molar-refractivity contribution in [2.24, 2.45) is 5.16 Å². The quantitative estimate of drug-likeness (QED) is 0.324. The Balaban J connectivity index is 1.37. The number of oxime groups is 1. The SMILES string of the molecule is C/C(=N/OCc1nc2c3cnn(Cc4ccccc4)c3ncn2n1)c1ccccc1. The monoisotopic (exact) mass is 397 g/mol. The van der Waals surface area contributed by atoms with E-state index >= 15 is 0 Å². The van der Waals surface area contributed by atoms with E-state index in [9.17, 15) is 0 Å². The van der Waals surface area contributed by atoms with Crippen LogP contribution in [0.1, 0.15) is 23.9 Å². The van der Waals surface area contributed by atoms with E-state index in [-0.39, 0.29) is 6.61 Å². The van der Waals surface area contributed by atoms with E-state index in [1.54, 1.807) is 17.0 Å². The van der Waals surface area contributed by atoms with Crippen molar-refractivity contribution < 1.29 is 4.84 Å². The van der Waals surface area contributed by atoms with Gasteiger partial charge in [-0.15, -0.1) is 5.10 Å². The zero-order valence-corrected chi connectivity index (χ0v) is 16.4. The Hall–Kier alpha value is -4.07. The Morgan fingerprint density at radius 1 is 1.00 bits per heavy atom. The molecule has 148 valence electrons. The van der Waals surface area contributed by atoms with Crippen LogP contribution in [0.25, 0.3) is 16.7 Å². The molecule has 0 saturated carbocycles. The third-order valence-electron chi connectivity index (χ3n) is 4.78. The van der Waals surface area contributed by atoms with Crippen molar-refractivity contribution in [3.8, 4) is 0 Å². The number of hydrogen-bond acceptors (Lipinski definition) is 6. The van der Waals surface area contributed by atoms with Crippen LogP contribution in [0.5, 0.6) is 0 Å². The normalized spacial score (nSPS) is 12.0. The molecule has 0 atom stereocenters. The van der Waals surface area contributed by atoms with Crippen molar-refractivity contribution in [2.75, 3.05) is 0 Å². The summed E-state index contributed by atoms with van der Waals surface area (Å²) < 4.78 is 3.51. The highest BCUT2D eigenvalue weighted by Crippen LogP contribution is 2.17. The van der Waals surface area contributed by atoms with Crippen molar-refractivity contribution in [3.05, 3.63) is 90.1 Å². The molecule has 3 heterocycles. The van der Waals surface area contributed by atoms with Crippen LogP contribution < -0.4 is 0 Å². The van der Waals surface area contributed by atoms with Gasteiger partial charge >= 0.3 is 0 Å². The maximum Gasteiger partial charge on any atom is 0.192 e. The second kappa shape index (κ2) is 7.75. The second-order valence-electron chi connectivity index (χ2n) is 6.88. The summed E-state index contributed by atoms with van der Waals surface area (Å²) in [4.78, 5) is 14.6. The fourth-order valence-corrected chi connectivity index (χ4v) is 3.27. The Morgan fingerprint density at radius 3 is 2.57 bits per heavy atom. The summed E-state index contributed by atoms with van der Waals surface area (Å²) >= 11 is 0. The maximum atomic E-state index is 5.47. The summed E-state index contributed by atoms with van der Waals surface area (Å²) in [6.07, 6.45) is 3.42. The molecule has 0 unspecified atom stereocenters. The largest absolute Gasteiger partial charge is 0.387 e. The standard InChI is InChI=1S/C22H19N7O/c1-16(18-10-6-3-7-11-18)27-30-14-20-25-22-19-12-24-28(13-17-8-4-2-5-9-17)21(19)23-15-29(22)26-20/h2-12,15H,13-14H2,1H3/b27-16-. The molecule has 0 aliphatic carbocycles. The molecule has 0 saturated heterocycles. The predicted molar refractivity (Wildman–Crippen MR) is 113 cm³/mol. The molecule has 5 aromatic rings. The number of benzene rings is 2. The van der Waals surface area contributed by atoms with Gasteiger partial charge in [-0.2, -0.15) is 5.10 Å². The van der Waals surface area contributed by atoms with Gasteiger partial charge in [0.15, 0.2) is 23.7 Å². The first kappa shape index (κ1) is 18.0. The van der Waals surface area contributed by atoms with Gasteiger partial charge in [-0.1, -0.05) is 65.8 Å². The summed E-state index contributed by atoms with van der Waals surface area (Å²) in [6, 6.07) is 20.0. The van der Waals surface area contributed by atoms with Crippen molar-refractivity contribution >= 4 is 22.4 Å². The highest BCUT2D eigenvalue weighted by atomic mass is 16.6. The first-order valence-corrected chi connectivity index (χ1v) is 9.59. The third kappa shape index (κ3) is 3.50. The number of nitrogens with zero attached hydrogens (tertiary/aromatic N) is 7. The van der Waals surface area contributed by atoms with Gasteiger partial charge in [0, 0.05) is 0 Å². The molecule has 3 aromatic heterocycles. The van der Waals surface area contributed by atoms with Gasteiger partial charge in [-0.05, 0) is 18.1 Å². The highest BCUT2D eigenvalue weighted by molar-refractivity contribution is 5.98. The molecule has 0 amide bonds. The second-order valence-corrected chi connectivity index (χ2v) is 6.88. The van der Waals surface area contributed by atoms with Gasteiger partial charge in [-0.25, -0.2) is 19.2 Å². The Labute approximate surface area is 172 Å². The molecule has 0 bridgehead atoms. The number of rotatable bonds is 6. The molecule has 0 N–H and O–H groups in total. The zero-order valence-electron chi connectivity index (χ0n) is 16.4. The van der Waals surface area contributed by atoms with Crippen molar-refractivity contribution in [3.63, 3.8) is 0 Å². The molecule has 30 heavy (non-hydrogen) atoms. The first-order valence-electron chi connectivity index (χ1n) is 9.59. The van der Waals surface area contributed by atoms with Crippen LogP contribution in [-0.4, -0.2) is 35.1 Å². The molecule has 0 aliphatic rings. The summed E-state index contributed by atoms with van der Waals surface area (Å²) in [5.74, 6) is 0.532. The third-order valence-corrected chi connectivity index (χ3v) is 4.78. The molecule has 8 nitrogen and oxygen atoms in total. The molecule has 0 spiro atoms. The highest BCUT2D eigenvalue weighted by Gasteiger charge is 2.13. The van der Waals surface area contributed by atoms with Crippen LogP contribution >= 0.6 is 0 Å². The van der Waals surface area contributed by atoms with Crippen LogP contribution in [0.4, 0.5) is 0 Å². The van der Waals surface area contributed by atoms with Gasteiger partial charge in [-0.3, -0.25) is 0 Å². The maximum absolute atomic E-state index is 5.47. The van der Waals surface area contributed by atoms with Crippen LogP contribution in [0.2, 0.25) is 0 Å². The summed E-state index contributed by atoms with van der Waals surface area (Å²) in [6.45, 7) is 2.72. The number of aromatic nitrogens is 6. The molecule has 0 fully saturated rings. The average Bonchev–Trinajstić information content (AvgIpc) is 3.39. The molecule has 2 aromatic carbocycles. The van der Waals surface area contributed by atoms with Gasteiger partial charge < -0.3 is 4.84 Å². The summed E-state index contributed by atoms with van der Waals surface area (Å²) in [7, 11) is 0. The van der Waals surface area contributed by atoms with E-state index in [1.807, 2.05) is 60.1 Å². The minimum Gasteiger partial charge on any atom is -0.387 e. The van der Waals surface area contributed by atoms with Gasteiger partial charge in [0.2, 0.25) is 0 Å². The summed E-state index contributed by atoms with van der Waals surface area (Å²) in [5, 5.41) is 13.9. The van der Waals surface area contributed by atoms with Gasteiger partial charge in [0.1, 0.15) is 6.33 Å². The van der Waals surface area contributed by atoms with Crippen LogP contribution in [0.15, 0.2) is 78.3 Å². The van der Waals surface area contributed by atoms with E-state index in [1.165, 1.54) is 0 Å². The van der Waals surface area contributed by atoms with Gasteiger partial charge in [0.25, 0.3) is 0 Å². The Morgan fingerprint density at radius 2 is 1.77 bits per heavy atom. The number of fused-ring (bicyclic) bond motifs is 3. The molecule has 8 heteroatoms. The van der Waals surface area contributed by atoms with Crippen molar-refractivity contribution in [2.45, 2.75) is 20.1 Å². The van der Waals surface area contributed by atoms with E-state index < -0.39 is 0 Å². The molecule has 0 aliphatic heterocycles. The fraction of sp³-hybridized carbons (Fsp3) is 0.136. The lowest BCUT2D eigenvalue weighted by atomic mass is 10.1. The smallest absolute Gasteiger partial charge is 0.192 e. The first-order chi connectivity index (χ1) is 14.8. The van der Waals surface area contributed by atoms with E-state index in [0.29, 0.717) is 18.0 Å². The summed E-state index contributed by atoms with van der Waals surface area (Å²) in [5.41, 5.74) is 4.43. The molecule has 5 rings (SSSR count). The average molecular weight is 397 g/mol. The lowest BCUT2D eigenvalue weighted by Gasteiger charge is -2.02. The molecular weight excluding hydrogens is 378 g/mol. The van der Waals surface area contributed by atoms with E-state index in [2.05, 4.69) is 37.5 Å². The van der Waals surface area contributed by atoms with Crippen LogP contribution in [0, 0.1) is 0 Å². The van der Waals surface area contributed by atoms with Gasteiger partial charge in [0.05, 0.1) is 23.8 Å². The van der Waals surface area contributed by atoms with E-state index in [4.69, 9.17) is 4.84 Å². The fourth-order valence-electron chi connectivity index (χ4n) is 3.27. The number of hydrogen-bond donors (Lipinski definition) is 0. The topological polar surface area (TPSA) is 82.5 Å². The van der Waals surface area contributed by atoms with Crippen molar-refractivity contribution in [1.82, 2.24) is 29.4 Å². The Kier molecular flexibility index (Phi) is 4.65. The van der Waals surface area contributed by atoms with Crippen LogP contribution in [0.3, 0.4) is 0 Å². The molecule has 0 radical (unpaired) electrons. The van der Waals surface area contributed by atoms with Crippen LogP contribution in [-0.2, 0) is 18.0 Å². The van der Waals surface area contributed by atoms with E-state index in [0.717, 1.165) is 27.9 Å². The lowest BCUT2D eigenvalue weighted by Crippen LogP contribution is -2.03. The predicted octanol–water partition coefficient (Wildman–Crippen LogP) is 3.46. The molecular formula is C22H19N7O. The Bertz CT molecular complexity index is 1320. The zero-order chi connectivity index (χ0) is 20.3. The minimum absolute atomic E-state index is 0.172. The lowest BCUT2D eigenvalue weighted by molar-refractivity contribution is 0.125. The van der Waals surface area contributed by atoms with Crippen molar-refractivity contribution in [1.29, 1.82) is 0 Å². The minimum atomic E-state index is 0.172.